The minimum Gasteiger partial charge on any atom is -0.492 e. The normalized spacial score (nSPS) is 15.0. The fourth-order valence-electron chi connectivity index (χ4n) is 4.18. The van der Waals surface area contributed by atoms with E-state index >= 15 is 0 Å². The Morgan fingerprint density at radius 3 is 2.24 bits per heavy atom. The van der Waals surface area contributed by atoms with Crippen LogP contribution in [-0.2, 0) is 11.2 Å². The predicted octanol–water partition coefficient (Wildman–Crippen LogP) is 4.83. The lowest BCUT2D eigenvalue weighted by molar-refractivity contribution is -0.136. The summed E-state index contributed by atoms with van der Waals surface area (Å²) < 4.78 is 26.7. The molecule has 1 amide bonds. The summed E-state index contributed by atoms with van der Waals surface area (Å²) in [6.07, 6.45) is -0.486. The number of amides is 1. The molecule has 0 aromatic heterocycles. The van der Waals surface area contributed by atoms with Gasteiger partial charge in [-0.2, -0.15) is 0 Å². The van der Waals surface area contributed by atoms with Crippen LogP contribution in [0.5, 0.6) is 11.5 Å². The number of hydrogen-bond acceptors (Lipinski definition) is 5. The molecule has 1 heterocycles. The number of carbonyl (C=O) groups excluding carboxylic acids is 1. The van der Waals surface area contributed by atoms with E-state index in [0.717, 1.165) is 17.4 Å². The highest BCUT2D eigenvalue weighted by molar-refractivity contribution is 6.17. The van der Waals surface area contributed by atoms with Gasteiger partial charge in [0.2, 0.25) is 0 Å². The van der Waals surface area contributed by atoms with E-state index in [2.05, 4.69) is 0 Å². The van der Waals surface area contributed by atoms with Crippen LogP contribution in [0.1, 0.15) is 54.4 Å². The third-order valence-electron chi connectivity index (χ3n) is 5.65. The molecule has 1 unspecified atom stereocenters. The van der Waals surface area contributed by atoms with Gasteiger partial charge in [-0.05, 0) is 30.5 Å². The van der Waals surface area contributed by atoms with E-state index in [-0.39, 0.29) is 22.4 Å². The van der Waals surface area contributed by atoms with Crippen molar-refractivity contribution in [2.45, 2.75) is 39.3 Å². The zero-order valence-corrected chi connectivity index (χ0v) is 19.0. The summed E-state index contributed by atoms with van der Waals surface area (Å²) in [7, 11) is 0. The number of aliphatic hydroxyl groups is 1. The summed E-state index contributed by atoms with van der Waals surface area (Å²) in [6.45, 7) is 4.65. The molecule has 7 nitrogen and oxygen atoms in total. The van der Waals surface area contributed by atoms with Crippen LogP contribution in [0.15, 0.2) is 42.5 Å². The SMILES string of the molecule is CCCOc1c2c(c(OCCC)c3ccccc13)C(O)N(c1ccc(CC(=O)O)c(F)c1)C2=O. The predicted molar refractivity (Wildman–Crippen MR) is 125 cm³/mol. The van der Waals surface area contributed by atoms with E-state index in [1.807, 2.05) is 38.1 Å². The monoisotopic (exact) mass is 467 g/mol. The lowest BCUT2D eigenvalue weighted by Crippen LogP contribution is -2.28. The Morgan fingerprint density at radius 1 is 1.03 bits per heavy atom. The Balaban J connectivity index is 1.90. The van der Waals surface area contributed by atoms with Crippen molar-refractivity contribution in [1.82, 2.24) is 0 Å². The topological polar surface area (TPSA) is 96.3 Å². The maximum absolute atomic E-state index is 14.6. The van der Waals surface area contributed by atoms with Crippen LogP contribution < -0.4 is 14.4 Å². The fraction of sp³-hybridized carbons (Fsp3) is 0.308. The molecule has 0 fully saturated rings. The largest absolute Gasteiger partial charge is 0.492 e. The van der Waals surface area contributed by atoms with Crippen molar-refractivity contribution < 1.29 is 33.7 Å². The van der Waals surface area contributed by atoms with Gasteiger partial charge in [0, 0.05) is 16.5 Å². The molecule has 4 rings (SSSR count). The van der Waals surface area contributed by atoms with E-state index in [1.165, 1.54) is 12.1 Å². The highest BCUT2D eigenvalue weighted by Gasteiger charge is 2.43. The molecule has 1 atom stereocenters. The van der Waals surface area contributed by atoms with Crippen molar-refractivity contribution in [3.63, 3.8) is 0 Å². The van der Waals surface area contributed by atoms with Crippen LogP contribution in [0.3, 0.4) is 0 Å². The number of nitrogens with zero attached hydrogens (tertiary/aromatic N) is 1. The molecular weight excluding hydrogens is 441 g/mol. The van der Waals surface area contributed by atoms with Crippen molar-refractivity contribution in [2.24, 2.45) is 0 Å². The molecule has 1 aliphatic heterocycles. The number of aliphatic carboxylic acids is 1. The fourth-order valence-corrected chi connectivity index (χ4v) is 4.18. The van der Waals surface area contributed by atoms with Crippen molar-refractivity contribution in [1.29, 1.82) is 0 Å². The molecule has 178 valence electrons. The van der Waals surface area contributed by atoms with Crippen LogP contribution in [0, 0.1) is 5.82 Å². The van der Waals surface area contributed by atoms with Crippen molar-refractivity contribution in [2.75, 3.05) is 18.1 Å². The molecule has 0 bridgehead atoms. The van der Waals surface area contributed by atoms with E-state index in [0.29, 0.717) is 41.9 Å². The average molecular weight is 467 g/mol. The first-order valence-electron chi connectivity index (χ1n) is 11.2. The molecule has 0 saturated carbocycles. The van der Waals surface area contributed by atoms with Gasteiger partial charge in [0.15, 0.2) is 6.23 Å². The second kappa shape index (κ2) is 9.69. The van der Waals surface area contributed by atoms with Gasteiger partial charge in [-0.25, -0.2) is 4.39 Å². The number of aliphatic hydroxyl groups excluding tert-OH is 1. The molecule has 0 spiro atoms. The highest BCUT2D eigenvalue weighted by atomic mass is 19.1. The lowest BCUT2D eigenvalue weighted by atomic mass is 9.98. The Hall–Kier alpha value is -3.65. The summed E-state index contributed by atoms with van der Waals surface area (Å²) in [5.74, 6) is -1.75. The van der Waals surface area contributed by atoms with E-state index in [4.69, 9.17) is 14.6 Å². The standard InChI is InChI=1S/C26H26FNO6/c1-3-11-33-23-17-7-5-6-8-18(17)24(34-12-4-2)22-21(23)25(31)28(26(22)32)16-10-9-15(13-20(29)30)19(27)14-16/h5-10,14,25,31H,3-4,11-13H2,1-2H3,(H,29,30). The lowest BCUT2D eigenvalue weighted by Gasteiger charge is -2.22. The number of hydrogen-bond donors (Lipinski definition) is 2. The minimum absolute atomic E-state index is 0.0143. The third-order valence-corrected chi connectivity index (χ3v) is 5.65. The Labute approximate surface area is 196 Å². The summed E-state index contributed by atoms with van der Waals surface area (Å²) in [5.41, 5.74) is 0.547. The molecule has 3 aromatic rings. The Bertz CT molecular complexity index is 1260. The zero-order valence-electron chi connectivity index (χ0n) is 19.0. The number of ether oxygens (including phenoxy) is 2. The number of carboxylic acid groups (broad SMARTS) is 1. The molecule has 2 N–H and O–H groups in total. The van der Waals surface area contributed by atoms with Gasteiger partial charge in [-0.15, -0.1) is 0 Å². The van der Waals surface area contributed by atoms with Crippen LogP contribution >= 0.6 is 0 Å². The Morgan fingerprint density at radius 2 is 1.65 bits per heavy atom. The third kappa shape index (κ3) is 4.05. The first-order chi connectivity index (χ1) is 16.4. The zero-order chi connectivity index (χ0) is 24.4. The van der Waals surface area contributed by atoms with Gasteiger partial charge in [-0.1, -0.05) is 44.2 Å². The molecule has 0 aliphatic carbocycles. The van der Waals surface area contributed by atoms with E-state index in [9.17, 15) is 19.1 Å². The molecule has 8 heteroatoms. The van der Waals surface area contributed by atoms with Crippen LogP contribution in [0.4, 0.5) is 10.1 Å². The maximum Gasteiger partial charge on any atom is 0.307 e. The smallest absolute Gasteiger partial charge is 0.307 e. The van der Waals surface area contributed by atoms with Gasteiger partial charge >= 0.3 is 5.97 Å². The van der Waals surface area contributed by atoms with Gasteiger partial charge in [0.05, 0.1) is 30.8 Å². The molecule has 34 heavy (non-hydrogen) atoms. The average Bonchev–Trinajstić information content (AvgIpc) is 3.07. The first-order valence-corrected chi connectivity index (χ1v) is 11.2. The number of halogens is 1. The number of fused-ring (bicyclic) bond motifs is 2. The summed E-state index contributed by atoms with van der Waals surface area (Å²) in [6, 6.07) is 11.1. The molecular formula is C26H26FNO6. The van der Waals surface area contributed by atoms with Gasteiger partial charge < -0.3 is 19.7 Å². The maximum atomic E-state index is 14.6. The quantitative estimate of drug-likeness (QED) is 0.468. The number of anilines is 1. The van der Waals surface area contributed by atoms with Gasteiger partial charge in [0.25, 0.3) is 5.91 Å². The first kappa shape index (κ1) is 23.5. The van der Waals surface area contributed by atoms with E-state index in [1.54, 1.807) is 0 Å². The van der Waals surface area contributed by atoms with Crippen LogP contribution in [0.25, 0.3) is 10.8 Å². The second-order valence-electron chi connectivity index (χ2n) is 8.08. The highest BCUT2D eigenvalue weighted by Crippen LogP contribution is 2.50. The van der Waals surface area contributed by atoms with Crippen molar-refractivity contribution in [3.8, 4) is 11.5 Å². The number of benzene rings is 3. The minimum atomic E-state index is -1.44. The van der Waals surface area contributed by atoms with Crippen molar-refractivity contribution >= 4 is 28.3 Å². The van der Waals surface area contributed by atoms with Gasteiger partial charge in [-0.3, -0.25) is 14.5 Å². The molecule has 1 aliphatic rings. The van der Waals surface area contributed by atoms with E-state index < -0.39 is 30.3 Å². The molecule has 0 saturated heterocycles. The van der Waals surface area contributed by atoms with Gasteiger partial charge in [0.1, 0.15) is 17.3 Å². The molecule has 3 aromatic carbocycles. The van der Waals surface area contributed by atoms with Crippen LogP contribution in [0.2, 0.25) is 0 Å². The summed E-state index contributed by atoms with van der Waals surface area (Å²) >= 11 is 0. The van der Waals surface area contributed by atoms with Crippen molar-refractivity contribution in [3.05, 3.63) is 65.0 Å². The second-order valence-corrected chi connectivity index (χ2v) is 8.08. The summed E-state index contributed by atoms with van der Waals surface area (Å²) in [4.78, 5) is 25.7. The number of carbonyl (C=O) groups is 2. The molecule has 0 radical (unpaired) electrons. The number of rotatable bonds is 9. The number of carboxylic acids is 1. The summed E-state index contributed by atoms with van der Waals surface area (Å²) in [5, 5.41) is 21.7. The Kier molecular flexibility index (Phi) is 6.70. The van der Waals surface area contributed by atoms with Crippen LogP contribution in [-0.4, -0.2) is 35.3 Å².